The Hall–Kier alpha value is -2.87. The second-order valence-corrected chi connectivity index (χ2v) is 5.85. The van der Waals surface area contributed by atoms with Crippen molar-refractivity contribution < 1.29 is 33.0 Å². The number of benzene rings is 1. The predicted octanol–water partition coefficient (Wildman–Crippen LogP) is 2.31. The molecule has 8 heteroatoms. The zero-order chi connectivity index (χ0) is 18.5. The maximum atomic E-state index is 12.9. The van der Waals surface area contributed by atoms with E-state index in [1.54, 1.807) is 12.1 Å². The Bertz CT molecular complexity index is 772. The Labute approximate surface area is 148 Å². The minimum atomic E-state index is -0.970. The molecule has 3 rings (SSSR count). The lowest BCUT2D eigenvalue weighted by Gasteiger charge is -2.31. The summed E-state index contributed by atoms with van der Waals surface area (Å²) in [5.41, 5.74) is 0. The van der Waals surface area contributed by atoms with Crippen LogP contribution in [0.1, 0.15) is 22.7 Å². The number of carbonyl (C=O) groups is 2. The highest BCUT2D eigenvalue weighted by Crippen LogP contribution is 2.18. The van der Waals surface area contributed by atoms with Gasteiger partial charge in [-0.05, 0) is 36.4 Å². The van der Waals surface area contributed by atoms with E-state index < -0.39 is 12.1 Å². The van der Waals surface area contributed by atoms with Gasteiger partial charge in [-0.3, -0.25) is 9.59 Å². The minimum Gasteiger partial charge on any atom is -0.486 e. The summed E-state index contributed by atoms with van der Waals surface area (Å²) in [6, 6.07) is 8.76. The number of halogens is 1. The van der Waals surface area contributed by atoms with Crippen molar-refractivity contribution in [2.75, 3.05) is 19.7 Å². The number of amides is 1. The lowest BCUT2D eigenvalue weighted by molar-refractivity contribution is -0.141. The van der Waals surface area contributed by atoms with E-state index in [4.69, 9.17) is 19.0 Å². The van der Waals surface area contributed by atoms with Gasteiger partial charge < -0.3 is 23.9 Å². The first-order valence-corrected chi connectivity index (χ1v) is 8.11. The van der Waals surface area contributed by atoms with Gasteiger partial charge in [0.25, 0.3) is 5.91 Å². The van der Waals surface area contributed by atoms with E-state index in [9.17, 15) is 14.0 Å². The highest BCUT2D eigenvalue weighted by Gasteiger charge is 2.28. The molecule has 0 aliphatic carbocycles. The number of nitrogens with zero attached hydrogens (tertiary/aromatic N) is 1. The van der Waals surface area contributed by atoms with Crippen LogP contribution in [0.15, 0.2) is 40.8 Å². The summed E-state index contributed by atoms with van der Waals surface area (Å²) in [5, 5.41) is 8.84. The van der Waals surface area contributed by atoms with Crippen molar-refractivity contribution in [1.29, 1.82) is 0 Å². The van der Waals surface area contributed by atoms with Crippen molar-refractivity contribution in [3.05, 3.63) is 53.7 Å². The average molecular weight is 363 g/mol. The molecule has 26 heavy (non-hydrogen) atoms. The number of hydrogen-bond donors (Lipinski definition) is 1. The molecule has 1 fully saturated rings. The Morgan fingerprint density at radius 1 is 1.23 bits per heavy atom. The standard InChI is InChI=1S/C18H18FNO6/c19-12-1-3-13(4-2-12)25-11-14-5-6-16(26-14)18(23)20-7-8-24-15(10-20)9-17(21)22/h1-6,15H,7-11H2,(H,21,22). The Morgan fingerprint density at radius 3 is 2.73 bits per heavy atom. The van der Waals surface area contributed by atoms with Gasteiger partial charge in [-0.25, -0.2) is 4.39 Å². The van der Waals surface area contributed by atoms with Crippen LogP contribution in [0, 0.1) is 5.82 Å². The molecule has 1 saturated heterocycles. The van der Waals surface area contributed by atoms with E-state index in [1.165, 1.54) is 29.2 Å². The average Bonchev–Trinajstić information content (AvgIpc) is 3.09. The van der Waals surface area contributed by atoms with Crippen molar-refractivity contribution >= 4 is 11.9 Å². The number of furan rings is 1. The summed E-state index contributed by atoms with van der Waals surface area (Å²) >= 11 is 0. The Balaban J connectivity index is 1.57. The number of aliphatic carboxylic acids is 1. The molecule has 0 bridgehead atoms. The summed E-state index contributed by atoms with van der Waals surface area (Å²) in [6.45, 7) is 0.957. The van der Waals surface area contributed by atoms with Crippen molar-refractivity contribution in [2.45, 2.75) is 19.1 Å². The molecule has 0 saturated carbocycles. The van der Waals surface area contributed by atoms with Gasteiger partial charge in [-0.2, -0.15) is 0 Å². The quantitative estimate of drug-likeness (QED) is 0.847. The molecule has 1 amide bonds. The number of carboxylic acids is 1. The van der Waals surface area contributed by atoms with Gasteiger partial charge in [0.1, 0.15) is 23.9 Å². The van der Waals surface area contributed by atoms with E-state index >= 15 is 0 Å². The van der Waals surface area contributed by atoms with E-state index in [0.717, 1.165) is 0 Å². The number of carboxylic acid groups (broad SMARTS) is 1. The van der Waals surface area contributed by atoms with Crippen molar-refractivity contribution in [3.8, 4) is 5.75 Å². The van der Waals surface area contributed by atoms with Crippen molar-refractivity contribution in [2.24, 2.45) is 0 Å². The summed E-state index contributed by atoms with van der Waals surface area (Å²) in [7, 11) is 0. The summed E-state index contributed by atoms with van der Waals surface area (Å²) < 4.78 is 29.2. The molecule has 2 heterocycles. The molecule has 2 aromatic rings. The van der Waals surface area contributed by atoms with Crippen LogP contribution in [0.3, 0.4) is 0 Å². The molecule has 1 aliphatic heterocycles. The first-order valence-electron chi connectivity index (χ1n) is 8.11. The van der Waals surface area contributed by atoms with Gasteiger partial charge in [-0.15, -0.1) is 0 Å². The van der Waals surface area contributed by atoms with Crippen LogP contribution < -0.4 is 4.74 Å². The molecule has 138 valence electrons. The van der Waals surface area contributed by atoms with Crippen LogP contribution in [0.2, 0.25) is 0 Å². The number of ether oxygens (including phenoxy) is 2. The van der Waals surface area contributed by atoms with Crippen LogP contribution in [0.25, 0.3) is 0 Å². The van der Waals surface area contributed by atoms with Gasteiger partial charge in [-0.1, -0.05) is 0 Å². The number of morpholine rings is 1. The normalized spacial score (nSPS) is 17.1. The fourth-order valence-corrected chi connectivity index (χ4v) is 2.63. The van der Waals surface area contributed by atoms with Gasteiger partial charge in [0, 0.05) is 13.1 Å². The van der Waals surface area contributed by atoms with Gasteiger partial charge >= 0.3 is 5.97 Å². The Kier molecular flexibility index (Phi) is 5.52. The summed E-state index contributed by atoms with van der Waals surface area (Å²) in [4.78, 5) is 24.8. The fraction of sp³-hybridized carbons (Fsp3) is 0.333. The molecule has 1 unspecified atom stereocenters. The molecular formula is C18H18FNO6. The van der Waals surface area contributed by atoms with E-state index in [0.29, 0.717) is 18.1 Å². The molecule has 0 spiro atoms. The van der Waals surface area contributed by atoms with Gasteiger partial charge in [0.2, 0.25) is 0 Å². The highest BCUT2D eigenvalue weighted by atomic mass is 19.1. The minimum absolute atomic E-state index is 0.101. The zero-order valence-electron chi connectivity index (χ0n) is 13.9. The fourth-order valence-electron chi connectivity index (χ4n) is 2.63. The molecule has 7 nitrogen and oxygen atoms in total. The second-order valence-electron chi connectivity index (χ2n) is 5.85. The topological polar surface area (TPSA) is 89.2 Å². The molecular weight excluding hydrogens is 345 g/mol. The van der Waals surface area contributed by atoms with Crippen LogP contribution in [0.5, 0.6) is 5.75 Å². The second kappa shape index (κ2) is 8.01. The SMILES string of the molecule is O=C(O)CC1CN(C(=O)c2ccc(COc3ccc(F)cc3)o2)CCO1. The van der Waals surface area contributed by atoms with Crippen molar-refractivity contribution in [1.82, 2.24) is 4.90 Å². The molecule has 1 N–H and O–H groups in total. The maximum absolute atomic E-state index is 12.9. The largest absolute Gasteiger partial charge is 0.486 e. The van der Waals surface area contributed by atoms with E-state index in [1.807, 2.05) is 0 Å². The van der Waals surface area contributed by atoms with E-state index in [2.05, 4.69) is 0 Å². The lowest BCUT2D eigenvalue weighted by atomic mass is 10.2. The number of rotatable bonds is 6. The molecule has 1 aromatic carbocycles. The summed E-state index contributed by atoms with van der Waals surface area (Å²) in [6.07, 6.45) is -0.681. The first kappa shape index (κ1) is 17.9. The maximum Gasteiger partial charge on any atom is 0.306 e. The molecule has 0 radical (unpaired) electrons. The molecule has 1 atom stereocenters. The zero-order valence-corrected chi connectivity index (χ0v) is 13.9. The third kappa shape index (κ3) is 4.60. The van der Waals surface area contributed by atoms with Gasteiger partial charge in [0.15, 0.2) is 5.76 Å². The molecule has 1 aromatic heterocycles. The predicted molar refractivity (Wildman–Crippen MR) is 87.3 cm³/mol. The third-order valence-electron chi connectivity index (χ3n) is 3.90. The van der Waals surface area contributed by atoms with Crippen LogP contribution in [-0.2, 0) is 16.1 Å². The number of hydrogen-bond acceptors (Lipinski definition) is 5. The summed E-state index contributed by atoms with van der Waals surface area (Å²) in [5.74, 6) is -0.554. The lowest BCUT2D eigenvalue weighted by Crippen LogP contribution is -2.46. The molecule has 1 aliphatic rings. The van der Waals surface area contributed by atoms with Gasteiger partial charge in [0.05, 0.1) is 19.1 Å². The number of carbonyl (C=O) groups excluding carboxylic acids is 1. The first-order chi connectivity index (χ1) is 12.5. The van der Waals surface area contributed by atoms with E-state index in [-0.39, 0.29) is 43.7 Å². The smallest absolute Gasteiger partial charge is 0.306 e. The van der Waals surface area contributed by atoms with Crippen LogP contribution >= 0.6 is 0 Å². The Morgan fingerprint density at radius 2 is 2.00 bits per heavy atom. The van der Waals surface area contributed by atoms with Crippen LogP contribution in [0.4, 0.5) is 4.39 Å². The van der Waals surface area contributed by atoms with Crippen LogP contribution in [-0.4, -0.2) is 47.7 Å². The highest BCUT2D eigenvalue weighted by molar-refractivity contribution is 5.91. The monoisotopic (exact) mass is 363 g/mol. The van der Waals surface area contributed by atoms with Crippen molar-refractivity contribution in [3.63, 3.8) is 0 Å². The third-order valence-corrected chi connectivity index (χ3v) is 3.90.